The Morgan fingerprint density at radius 2 is 2.06 bits per heavy atom. The van der Waals surface area contributed by atoms with Gasteiger partial charge in [0.05, 0.1) is 0 Å². The van der Waals surface area contributed by atoms with Crippen molar-refractivity contribution in [1.82, 2.24) is 4.57 Å². The topological polar surface area (TPSA) is 25.2 Å². The van der Waals surface area contributed by atoms with E-state index in [-0.39, 0.29) is 12.4 Å². The first-order valence-corrected chi connectivity index (χ1v) is 5.53. The molecule has 2 aromatic rings. The highest BCUT2D eigenvalue weighted by molar-refractivity contribution is 5.81. The third-order valence-corrected chi connectivity index (χ3v) is 2.76. The molecule has 1 heterocycles. The first-order chi connectivity index (χ1) is 7.63. The third kappa shape index (κ3) is 1.83. The van der Waals surface area contributed by atoms with Gasteiger partial charge in [0.1, 0.15) is 5.82 Å². The molecule has 16 heavy (non-hydrogen) atoms. The summed E-state index contributed by atoms with van der Waals surface area (Å²) in [6.45, 7) is 4.29. The molecule has 0 aliphatic rings. The van der Waals surface area contributed by atoms with E-state index in [1.807, 2.05) is 6.07 Å². The standard InChI is InChI=1S/C13H16FNO/c1-9(2)15-12(5-6-16)8-10-7-11(14)3-4-13(10)15/h3-4,7-9,16H,5-6H2,1-2H3. The molecule has 1 aromatic heterocycles. The van der Waals surface area contributed by atoms with Crippen molar-refractivity contribution >= 4 is 10.9 Å². The van der Waals surface area contributed by atoms with Gasteiger partial charge in [-0.3, -0.25) is 0 Å². The molecule has 0 saturated carbocycles. The van der Waals surface area contributed by atoms with E-state index in [9.17, 15) is 4.39 Å². The van der Waals surface area contributed by atoms with Crippen molar-refractivity contribution in [3.8, 4) is 0 Å². The third-order valence-electron chi connectivity index (χ3n) is 2.76. The van der Waals surface area contributed by atoms with E-state index in [0.717, 1.165) is 16.6 Å². The summed E-state index contributed by atoms with van der Waals surface area (Å²) in [4.78, 5) is 0. The number of rotatable bonds is 3. The fraction of sp³-hybridized carbons (Fsp3) is 0.385. The van der Waals surface area contributed by atoms with Gasteiger partial charge in [-0.25, -0.2) is 4.39 Å². The average Bonchev–Trinajstić information content (AvgIpc) is 2.55. The Morgan fingerprint density at radius 3 is 2.69 bits per heavy atom. The van der Waals surface area contributed by atoms with Crippen LogP contribution in [0, 0.1) is 5.82 Å². The Hall–Kier alpha value is -1.35. The minimum atomic E-state index is -0.219. The molecule has 0 bridgehead atoms. The van der Waals surface area contributed by atoms with E-state index in [0.29, 0.717) is 12.5 Å². The summed E-state index contributed by atoms with van der Waals surface area (Å²) in [7, 11) is 0. The summed E-state index contributed by atoms with van der Waals surface area (Å²) in [5, 5.41) is 9.92. The number of aliphatic hydroxyl groups excluding tert-OH is 1. The zero-order valence-electron chi connectivity index (χ0n) is 9.57. The van der Waals surface area contributed by atoms with Gasteiger partial charge < -0.3 is 9.67 Å². The molecule has 1 aromatic carbocycles. The molecule has 2 rings (SSSR count). The van der Waals surface area contributed by atoms with Crippen LogP contribution in [0.1, 0.15) is 25.6 Å². The lowest BCUT2D eigenvalue weighted by Crippen LogP contribution is -2.06. The molecule has 0 aliphatic heterocycles. The fourth-order valence-electron chi connectivity index (χ4n) is 2.18. The molecule has 0 amide bonds. The fourth-order valence-corrected chi connectivity index (χ4v) is 2.18. The second-order valence-corrected chi connectivity index (χ2v) is 4.28. The van der Waals surface area contributed by atoms with E-state index in [1.165, 1.54) is 12.1 Å². The highest BCUT2D eigenvalue weighted by Crippen LogP contribution is 2.25. The molecule has 3 heteroatoms. The Bertz CT molecular complexity index is 502. The maximum Gasteiger partial charge on any atom is 0.123 e. The van der Waals surface area contributed by atoms with Crippen LogP contribution in [0.15, 0.2) is 24.3 Å². The van der Waals surface area contributed by atoms with Crippen LogP contribution in [0.25, 0.3) is 10.9 Å². The van der Waals surface area contributed by atoms with Crippen molar-refractivity contribution in [1.29, 1.82) is 0 Å². The Labute approximate surface area is 94.3 Å². The van der Waals surface area contributed by atoms with E-state index in [1.54, 1.807) is 6.07 Å². The number of fused-ring (bicyclic) bond motifs is 1. The first kappa shape index (κ1) is 11.1. The molecule has 0 fully saturated rings. The molecule has 0 unspecified atom stereocenters. The number of hydrogen-bond donors (Lipinski definition) is 1. The molecule has 0 radical (unpaired) electrons. The predicted octanol–water partition coefficient (Wildman–Crippen LogP) is 2.90. The maximum absolute atomic E-state index is 13.1. The van der Waals surface area contributed by atoms with E-state index >= 15 is 0 Å². The SMILES string of the molecule is CC(C)n1c(CCO)cc2cc(F)ccc21. The predicted molar refractivity (Wildman–Crippen MR) is 63.1 cm³/mol. The van der Waals surface area contributed by atoms with Crippen LogP contribution in [0.5, 0.6) is 0 Å². The normalized spacial score (nSPS) is 11.6. The van der Waals surface area contributed by atoms with Gasteiger partial charge in [-0.2, -0.15) is 0 Å². The van der Waals surface area contributed by atoms with E-state index in [2.05, 4.69) is 18.4 Å². The highest BCUT2D eigenvalue weighted by atomic mass is 19.1. The highest BCUT2D eigenvalue weighted by Gasteiger charge is 2.11. The van der Waals surface area contributed by atoms with Crippen LogP contribution >= 0.6 is 0 Å². The van der Waals surface area contributed by atoms with Gasteiger partial charge in [0.15, 0.2) is 0 Å². The van der Waals surface area contributed by atoms with Crippen LogP contribution < -0.4 is 0 Å². The Balaban J connectivity index is 2.65. The number of aliphatic hydroxyl groups is 1. The van der Waals surface area contributed by atoms with Gasteiger partial charge in [-0.15, -0.1) is 0 Å². The summed E-state index contributed by atoms with van der Waals surface area (Å²) in [6, 6.07) is 7.07. The Kier molecular flexibility index (Phi) is 2.97. The van der Waals surface area contributed by atoms with Crippen molar-refractivity contribution in [2.45, 2.75) is 26.3 Å². The van der Waals surface area contributed by atoms with Gasteiger partial charge in [0, 0.05) is 35.7 Å². The molecule has 0 spiro atoms. The number of hydrogen-bond acceptors (Lipinski definition) is 1. The lowest BCUT2D eigenvalue weighted by atomic mass is 10.2. The molecule has 0 saturated heterocycles. The Morgan fingerprint density at radius 1 is 1.31 bits per heavy atom. The van der Waals surface area contributed by atoms with Crippen LogP contribution in [-0.2, 0) is 6.42 Å². The molecular formula is C13H16FNO. The van der Waals surface area contributed by atoms with Crippen molar-refractivity contribution in [2.75, 3.05) is 6.61 Å². The quantitative estimate of drug-likeness (QED) is 0.847. The van der Waals surface area contributed by atoms with Crippen LogP contribution in [-0.4, -0.2) is 16.3 Å². The summed E-state index contributed by atoms with van der Waals surface area (Å²) < 4.78 is 15.2. The number of benzene rings is 1. The van der Waals surface area contributed by atoms with Gasteiger partial charge in [0.25, 0.3) is 0 Å². The van der Waals surface area contributed by atoms with Crippen molar-refractivity contribution in [3.05, 3.63) is 35.8 Å². The van der Waals surface area contributed by atoms with E-state index in [4.69, 9.17) is 5.11 Å². The number of nitrogens with zero attached hydrogens (tertiary/aromatic N) is 1. The largest absolute Gasteiger partial charge is 0.396 e. The molecule has 0 aliphatic carbocycles. The van der Waals surface area contributed by atoms with Crippen LogP contribution in [0.3, 0.4) is 0 Å². The van der Waals surface area contributed by atoms with Crippen LogP contribution in [0.2, 0.25) is 0 Å². The van der Waals surface area contributed by atoms with Crippen LogP contribution in [0.4, 0.5) is 4.39 Å². The smallest absolute Gasteiger partial charge is 0.123 e. The van der Waals surface area contributed by atoms with Gasteiger partial charge in [0.2, 0.25) is 0 Å². The average molecular weight is 221 g/mol. The zero-order valence-corrected chi connectivity index (χ0v) is 9.57. The summed E-state index contributed by atoms with van der Waals surface area (Å²) in [6.07, 6.45) is 0.606. The maximum atomic E-state index is 13.1. The van der Waals surface area contributed by atoms with Crippen molar-refractivity contribution < 1.29 is 9.50 Å². The minimum Gasteiger partial charge on any atom is -0.396 e. The molecule has 2 nitrogen and oxygen atoms in total. The summed E-state index contributed by atoms with van der Waals surface area (Å²) >= 11 is 0. The van der Waals surface area contributed by atoms with Crippen molar-refractivity contribution in [3.63, 3.8) is 0 Å². The molecule has 86 valence electrons. The summed E-state index contributed by atoms with van der Waals surface area (Å²) in [5.74, 6) is -0.219. The lowest BCUT2D eigenvalue weighted by molar-refractivity contribution is 0.296. The summed E-state index contributed by atoms with van der Waals surface area (Å²) in [5.41, 5.74) is 2.08. The van der Waals surface area contributed by atoms with E-state index < -0.39 is 0 Å². The minimum absolute atomic E-state index is 0.117. The molecule has 0 atom stereocenters. The van der Waals surface area contributed by atoms with Gasteiger partial charge in [-0.1, -0.05) is 0 Å². The zero-order chi connectivity index (χ0) is 11.7. The lowest BCUT2D eigenvalue weighted by Gasteiger charge is -2.14. The number of halogens is 1. The molecule has 1 N–H and O–H groups in total. The van der Waals surface area contributed by atoms with Gasteiger partial charge in [-0.05, 0) is 38.1 Å². The second-order valence-electron chi connectivity index (χ2n) is 4.28. The first-order valence-electron chi connectivity index (χ1n) is 5.53. The molecular weight excluding hydrogens is 205 g/mol. The van der Waals surface area contributed by atoms with Gasteiger partial charge >= 0.3 is 0 Å². The second kappa shape index (κ2) is 4.26. The monoisotopic (exact) mass is 221 g/mol. The van der Waals surface area contributed by atoms with Crippen molar-refractivity contribution in [2.24, 2.45) is 0 Å². The number of aromatic nitrogens is 1.